The molecule has 1 aromatic carbocycles. The first-order valence-corrected chi connectivity index (χ1v) is 8.83. The summed E-state index contributed by atoms with van der Waals surface area (Å²) in [4.78, 5) is 0.264. The summed E-state index contributed by atoms with van der Waals surface area (Å²) in [6, 6.07) is 6.25. The van der Waals surface area contributed by atoms with E-state index in [-0.39, 0.29) is 23.1 Å². The van der Waals surface area contributed by atoms with E-state index < -0.39 is 16.1 Å². The molecule has 2 N–H and O–H groups in total. The van der Waals surface area contributed by atoms with Crippen molar-refractivity contribution in [1.82, 2.24) is 4.31 Å². The van der Waals surface area contributed by atoms with Crippen molar-refractivity contribution in [2.75, 3.05) is 0 Å². The number of aliphatic hydroxyl groups is 2. The number of fused-ring (bicyclic) bond motifs is 2. The number of aliphatic hydroxyl groups excluding tert-OH is 2. The van der Waals surface area contributed by atoms with Crippen molar-refractivity contribution in [2.24, 2.45) is 0 Å². The quantitative estimate of drug-likeness (QED) is 0.885. The molecule has 21 heavy (non-hydrogen) atoms. The van der Waals surface area contributed by atoms with Crippen molar-refractivity contribution in [3.63, 3.8) is 0 Å². The van der Waals surface area contributed by atoms with Gasteiger partial charge in [-0.1, -0.05) is 12.1 Å². The fourth-order valence-corrected chi connectivity index (χ4v) is 5.43. The Morgan fingerprint density at radius 1 is 1.14 bits per heavy atom. The Morgan fingerprint density at radius 3 is 2.14 bits per heavy atom. The number of rotatable bonds is 3. The van der Waals surface area contributed by atoms with Gasteiger partial charge in [0.05, 0.1) is 17.1 Å². The summed E-state index contributed by atoms with van der Waals surface area (Å²) in [5.74, 6) is 0. The van der Waals surface area contributed by atoms with Crippen molar-refractivity contribution in [1.29, 1.82) is 0 Å². The van der Waals surface area contributed by atoms with Crippen molar-refractivity contribution in [3.8, 4) is 0 Å². The lowest BCUT2D eigenvalue weighted by Crippen LogP contribution is -2.47. The van der Waals surface area contributed by atoms with Gasteiger partial charge < -0.3 is 10.2 Å². The average Bonchev–Trinajstić information content (AvgIpc) is 2.72. The molecule has 3 unspecified atom stereocenters. The molecule has 0 aliphatic carbocycles. The van der Waals surface area contributed by atoms with E-state index in [0.717, 1.165) is 12.8 Å². The number of benzene rings is 1. The van der Waals surface area contributed by atoms with E-state index in [1.807, 2.05) is 0 Å². The smallest absolute Gasteiger partial charge is 0.243 e. The maximum atomic E-state index is 12.8. The van der Waals surface area contributed by atoms with Crippen LogP contribution in [0.4, 0.5) is 0 Å². The molecule has 116 valence electrons. The summed E-state index contributed by atoms with van der Waals surface area (Å²) in [5.41, 5.74) is 0.700. The molecule has 3 atom stereocenters. The first-order valence-electron chi connectivity index (χ1n) is 7.39. The highest BCUT2D eigenvalue weighted by Gasteiger charge is 2.46. The Morgan fingerprint density at radius 2 is 1.67 bits per heavy atom. The zero-order valence-electron chi connectivity index (χ0n) is 12.0. The van der Waals surface area contributed by atoms with E-state index in [9.17, 15) is 18.6 Å². The van der Waals surface area contributed by atoms with Crippen molar-refractivity contribution in [2.45, 2.75) is 61.8 Å². The molecule has 0 spiro atoms. The third kappa shape index (κ3) is 2.61. The van der Waals surface area contributed by atoms with Gasteiger partial charge in [-0.15, -0.1) is 0 Å². The highest BCUT2D eigenvalue weighted by molar-refractivity contribution is 7.89. The number of piperidine rings is 1. The molecule has 5 nitrogen and oxygen atoms in total. The lowest BCUT2D eigenvalue weighted by Gasteiger charge is -2.36. The second-order valence-corrected chi connectivity index (χ2v) is 7.93. The summed E-state index contributed by atoms with van der Waals surface area (Å²) in [6.45, 7) is 1.65. The van der Waals surface area contributed by atoms with Crippen molar-refractivity contribution < 1.29 is 18.6 Å². The Kier molecular flexibility index (Phi) is 3.81. The zero-order chi connectivity index (χ0) is 15.2. The van der Waals surface area contributed by atoms with Crippen molar-refractivity contribution in [3.05, 3.63) is 29.8 Å². The Labute approximate surface area is 125 Å². The standard InChI is InChI=1S/C15H21NO4S/c1-10(17)11-2-6-15(7-3-11)21(19,20)16-12-4-5-13(16)9-14(18)8-12/h2-3,6-7,10,12-14,17-18H,4-5,8-9H2,1H3. The molecular weight excluding hydrogens is 290 g/mol. The number of hydrogen-bond donors (Lipinski definition) is 2. The zero-order valence-corrected chi connectivity index (χ0v) is 12.8. The Balaban J connectivity index is 1.90. The lowest BCUT2D eigenvalue weighted by atomic mass is 10.0. The van der Waals surface area contributed by atoms with Crippen LogP contribution in [-0.4, -0.2) is 41.1 Å². The van der Waals surface area contributed by atoms with Gasteiger partial charge in [0.25, 0.3) is 0 Å². The molecule has 2 bridgehead atoms. The minimum atomic E-state index is -3.52. The second-order valence-electron chi connectivity index (χ2n) is 6.09. The van der Waals surface area contributed by atoms with Gasteiger partial charge in [-0.3, -0.25) is 0 Å². The number of sulfonamides is 1. The predicted octanol–water partition coefficient (Wildman–Crippen LogP) is 1.42. The van der Waals surface area contributed by atoms with Gasteiger partial charge in [-0.2, -0.15) is 4.31 Å². The molecule has 2 saturated heterocycles. The third-order valence-corrected chi connectivity index (χ3v) is 6.60. The van der Waals surface area contributed by atoms with Crippen LogP contribution in [0, 0.1) is 0 Å². The van der Waals surface area contributed by atoms with Crippen LogP contribution in [0.5, 0.6) is 0 Å². The molecule has 1 aromatic rings. The average molecular weight is 311 g/mol. The third-order valence-electron chi connectivity index (χ3n) is 4.58. The minimum Gasteiger partial charge on any atom is -0.393 e. The normalized spacial score (nSPS) is 31.3. The molecule has 2 heterocycles. The molecule has 3 rings (SSSR count). The van der Waals surface area contributed by atoms with Gasteiger partial charge in [0.2, 0.25) is 10.0 Å². The molecule has 0 radical (unpaired) electrons. The molecule has 6 heteroatoms. The molecule has 2 fully saturated rings. The summed E-state index contributed by atoms with van der Waals surface area (Å²) >= 11 is 0. The van der Waals surface area contributed by atoms with Crippen LogP contribution >= 0.6 is 0 Å². The van der Waals surface area contributed by atoms with Crippen LogP contribution in [0.25, 0.3) is 0 Å². The van der Waals surface area contributed by atoms with Gasteiger partial charge in [0, 0.05) is 12.1 Å². The summed E-state index contributed by atoms with van der Waals surface area (Å²) in [5, 5.41) is 19.3. The molecule has 0 aromatic heterocycles. The predicted molar refractivity (Wildman–Crippen MR) is 78.2 cm³/mol. The van der Waals surface area contributed by atoms with Crippen LogP contribution in [-0.2, 0) is 10.0 Å². The van der Waals surface area contributed by atoms with Crippen LogP contribution in [0.3, 0.4) is 0 Å². The SMILES string of the molecule is CC(O)c1ccc(S(=O)(=O)N2C3CCC2CC(O)C3)cc1. The maximum absolute atomic E-state index is 12.8. The van der Waals surface area contributed by atoms with E-state index in [0.29, 0.717) is 18.4 Å². The molecule has 0 saturated carbocycles. The highest BCUT2D eigenvalue weighted by Crippen LogP contribution is 2.39. The highest BCUT2D eigenvalue weighted by atomic mass is 32.2. The van der Waals surface area contributed by atoms with E-state index in [1.54, 1.807) is 35.5 Å². The van der Waals surface area contributed by atoms with E-state index in [2.05, 4.69) is 0 Å². The van der Waals surface area contributed by atoms with Crippen LogP contribution < -0.4 is 0 Å². The van der Waals surface area contributed by atoms with E-state index >= 15 is 0 Å². The molecule has 2 aliphatic rings. The molecular formula is C15H21NO4S. The van der Waals surface area contributed by atoms with Gasteiger partial charge in [-0.05, 0) is 50.3 Å². The first kappa shape index (κ1) is 15.0. The first-order chi connectivity index (χ1) is 9.89. The fraction of sp³-hybridized carbons (Fsp3) is 0.600. The van der Waals surface area contributed by atoms with Gasteiger partial charge >= 0.3 is 0 Å². The second kappa shape index (κ2) is 5.35. The lowest BCUT2D eigenvalue weighted by molar-refractivity contribution is 0.0768. The van der Waals surface area contributed by atoms with Gasteiger partial charge in [0.1, 0.15) is 0 Å². The number of hydrogen-bond acceptors (Lipinski definition) is 4. The monoisotopic (exact) mass is 311 g/mol. The van der Waals surface area contributed by atoms with E-state index in [1.165, 1.54) is 0 Å². The van der Waals surface area contributed by atoms with Crippen LogP contribution in [0.2, 0.25) is 0 Å². The van der Waals surface area contributed by atoms with E-state index in [4.69, 9.17) is 0 Å². The van der Waals surface area contributed by atoms with Crippen LogP contribution in [0.1, 0.15) is 44.3 Å². The summed E-state index contributed by atoms with van der Waals surface area (Å²) in [7, 11) is -3.52. The maximum Gasteiger partial charge on any atom is 0.243 e. The summed E-state index contributed by atoms with van der Waals surface area (Å²) < 4.78 is 27.2. The van der Waals surface area contributed by atoms with Crippen molar-refractivity contribution >= 4 is 10.0 Å². The summed E-state index contributed by atoms with van der Waals surface area (Å²) in [6.07, 6.45) is 1.72. The van der Waals surface area contributed by atoms with Crippen LogP contribution in [0.15, 0.2) is 29.2 Å². The fourth-order valence-electron chi connectivity index (χ4n) is 3.54. The number of nitrogens with zero attached hydrogens (tertiary/aromatic N) is 1. The largest absolute Gasteiger partial charge is 0.393 e. The van der Waals surface area contributed by atoms with Gasteiger partial charge in [-0.25, -0.2) is 8.42 Å². The molecule has 2 aliphatic heterocycles. The van der Waals surface area contributed by atoms with Gasteiger partial charge in [0.15, 0.2) is 0 Å². The Bertz CT molecular complexity index is 597. The Hall–Kier alpha value is -0.950. The minimum absolute atomic E-state index is 0.0832. The topological polar surface area (TPSA) is 77.8 Å². The molecule has 0 amide bonds.